The van der Waals surface area contributed by atoms with Crippen LogP contribution in [0.3, 0.4) is 0 Å². The minimum Gasteiger partial charge on any atom is -0.368 e. The number of imide groups is 1. The van der Waals surface area contributed by atoms with Crippen molar-refractivity contribution in [2.24, 2.45) is 0 Å². The van der Waals surface area contributed by atoms with Crippen molar-refractivity contribution >= 4 is 52.3 Å². The van der Waals surface area contributed by atoms with Gasteiger partial charge in [-0.15, -0.1) is 0 Å². The molecule has 188 valence electrons. The van der Waals surface area contributed by atoms with Gasteiger partial charge in [-0.1, -0.05) is 59.8 Å². The van der Waals surface area contributed by atoms with E-state index >= 15 is 0 Å². The van der Waals surface area contributed by atoms with Gasteiger partial charge in [0.05, 0.1) is 4.91 Å². The number of anilines is 1. The molecule has 0 unspecified atom stereocenters. The monoisotopic (exact) mass is 529 g/mol. The Kier molecular flexibility index (Phi) is 7.67. The Morgan fingerprint density at radius 2 is 1.49 bits per heavy atom. The number of benzene rings is 3. The summed E-state index contributed by atoms with van der Waals surface area (Å²) in [5.41, 5.74) is 3.19. The molecule has 2 saturated heterocycles. The molecule has 37 heavy (non-hydrogen) atoms. The molecule has 2 aliphatic heterocycles. The highest BCUT2D eigenvalue weighted by atomic mass is 32.2. The lowest BCUT2D eigenvalue weighted by Gasteiger charge is -2.36. The van der Waals surface area contributed by atoms with E-state index in [4.69, 9.17) is 0 Å². The first kappa shape index (κ1) is 25.2. The van der Waals surface area contributed by atoms with E-state index in [9.17, 15) is 14.4 Å². The lowest BCUT2D eigenvalue weighted by Crippen LogP contribution is -2.51. The van der Waals surface area contributed by atoms with E-state index in [1.807, 2.05) is 42.5 Å². The number of carbonyl (C=O) groups is 3. The van der Waals surface area contributed by atoms with Crippen LogP contribution in [0.2, 0.25) is 0 Å². The summed E-state index contributed by atoms with van der Waals surface area (Å²) >= 11 is 2.55. The Balaban J connectivity index is 1.17. The Labute approximate surface area is 225 Å². The summed E-state index contributed by atoms with van der Waals surface area (Å²) in [4.78, 5) is 46.0. The summed E-state index contributed by atoms with van der Waals surface area (Å²) in [7, 11) is 0. The summed E-state index contributed by atoms with van der Waals surface area (Å²) in [5, 5.41) is -0.404. The fourth-order valence-electron chi connectivity index (χ4n) is 4.25. The van der Waals surface area contributed by atoms with E-state index in [1.54, 1.807) is 22.7 Å². The predicted molar refractivity (Wildman–Crippen MR) is 150 cm³/mol. The number of hydrogen-bond donors (Lipinski definition) is 0. The van der Waals surface area contributed by atoms with E-state index in [1.165, 1.54) is 5.56 Å². The van der Waals surface area contributed by atoms with Crippen LogP contribution in [-0.2, 0) is 9.59 Å². The standard InChI is InChI=1S/C29H27N3O3S2/c1-21-7-11-24(12-8-21)36-25-13-9-22(10-14-25)19-26-28(34)32(29(35)37-26)20-27(33)31-17-15-30(16-18-31)23-5-3-2-4-6-23/h2-14,19H,15-18,20H2,1H3/b26-19-. The first-order valence-electron chi connectivity index (χ1n) is 12.1. The quantitative estimate of drug-likeness (QED) is 0.391. The maximum absolute atomic E-state index is 12.9. The van der Waals surface area contributed by atoms with Gasteiger partial charge in [0.15, 0.2) is 0 Å². The number of carbonyl (C=O) groups excluding carboxylic acids is 3. The summed E-state index contributed by atoms with van der Waals surface area (Å²) in [6, 6.07) is 26.3. The number of aryl methyl sites for hydroxylation is 1. The van der Waals surface area contributed by atoms with Crippen LogP contribution in [0.4, 0.5) is 10.5 Å². The van der Waals surface area contributed by atoms with Gasteiger partial charge < -0.3 is 9.80 Å². The van der Waals surface area contributed by atoms with E-state index in [2.05, 4.69) is 48.2 Å². The molecule has 5 rings (SSSR count). The molecule has 0 aliphatic carbocycles. The van der Waals surface area contributed by atoms with Crippen LogP contribution in [0.5, 0.6) is 0 Å². The lowest BCUT2D eigenvalue weighted by atomic mass is 10.2. The summed E-state index contributed by atoms with van der Waals surface area (Å²) in [5.74, 6) is -0.613. The predicted octanol–water partition coefficient (Wildman–Crippen LogP) is 5.53. The van der Waals surface area contributed by atoms with Crippen LogP contribution in [0.15, 0.2) is 93.6 Å². The van der Waals surface area contributed by atoms with Crippen LogP contribution in [-0.4, -0.2) is 59.6 Å². The molecule has 0 saturated carbocycles. The second-order valence-corrected chi connectivity index (χ2v) is 11.1. The van der Waals surface area contributed by atoms with Crippen molar-refractivity contribution in [3.63, 3.8) is 0 Å². The molecule has 0 bridgehead atoms. The smallest absolute Gasteiger partial charge is 0.294 e. The average molecular weight is 530 g/mol. The number of para-hydroxylation sites is 1. The Morgan fingerprint density at radius 3 is 2.14 bits per heavy atom. The highest BCUT2D eigenvalue weighted by Crippen LogP contribution is 2.33. The molecule has 0 radical (unpaired) electrons. The highest BCUT2D eigenvalue weighted by Gasteiger charge is 2.37. The zero-order chi connectivity index (χ0) is 25.8. The average Bonchev–Trinajstić information content (AvgIpc) is 3.19. The van der Waals surface area contributed by atoms with Crippen molar-refractivity contribution in [3.8, 4) is 0 Å². The SMILES string of the molecule is Cc1ccc(Sc2ccc(/C=C3\SC(=O)N(CC(=O)N4CCN(c5ccccc5)CC4)C3=O)cc2)cc1. The van der Waals surface area contributed by atoms with Crippen LogP contribution < -0.4 is 4.90 Å². The van der Waals surface area contributed by atoms with Gasteiger partial charge in [0, 0.05) is 41.7 Å². The van der Waals surface area contributed by atoms with Gasteiger partial charge in [-0.25, -0.2) is 0 Å². The van der Waals surface area contributed by atoms with Crippen molar-refractivity contribution < 1.29 is 14.4 Å². The van der Waals surface area contributed by atoms with E-state index in [-0.39, 0.29) is 12.5 Å². The molecule has 2 aliphatic rings. The van der Waals surface area contributed by atoms with Gasteiger partial charge in [0.1, 0.15) is 6.54 Å². The molecule has 3 amide bonds. The summed E-state index contributed by atoms with van der Waals surface area (Å²) < 4.78 is 0. The molecular weight excluding hydrogens is 502 g/mol. The van der Waals surface area contributed by atoms with Crippen LogP contribution in [0.25, 0.3) is 6.08 Å². The second-order valence-electron chi connectivity index (χ2n) is 8.96. The highest BCUT2D eigenvalue weighted by molar-refractivity contribution is 8.18. The third kappa shape index (κ3) is 6.09. The molecule has 6 nitrogen and oxygen atoms in total. The van der Waals surface area contributed by atoms with E-state index < -0.39 is 11.1 Å². The summed E-state index contributed by atoms with van der Waals surface area (Å²) in [6.45, 7) is 4.40. The molecule has 0 atom stereocenters. The van der Waals surface area contributed by atoms with Gasteiger partial charge in [-0.2, -0.15) is 0 Å². The zero-order valence-corrected chi connectivity index (χ0v) is 22.1. The van der Waals surface area contributed by atoms with E-state index in [0.29, 0.717) is 18.0 Å². The molecule has 2 heterocycles. The fourth-order valence-corrected chi connectivity index (χ4v) is 5.91. The van der Waals surface area contributed by atoms with Crippen molar-refractivity contribution in [3.05, 3.63) is 94.9 Å². The number of nitrogens with zero attached hydrogens (tertiary/aromatic N) is 3. The molecule has 3 aromatic rings. The lowest BCUT2D eigenvalue weighted by molar-refractivity contribution is -0.136. The minimum absolute atomic E-state index is 0.200. The maximum atomic E-state index is 12.9. The van der Waals surface area contributed by atoms with Gasteiger partial charge in [-0.05, 0) is 66.7 Å². The normalized spacial score (nSPS) is 17.1. The Hall–Kier alpha value is -3.49. The number of hydrogen-bond acceptors (Lipinski definition) is 6. The van der Waals surface area contributed by atoms with Crippen LogP contribution in [0, 0.1) is 6.92 Å². The largest absolute Gasteiger partial charge is 0.368 e. The molecule has 0 N–H and O–H groups in total. The van der Waals surface area contributed by atoms with Gasteiger partial charge in [0.25, 0.3) is 11.1 Å². The fraction of sp³-hybridized carbons (Fsp3) is 0.207. The number of amides is 3. The number of rotatable bonds is 6. The first-order chi connectivity index (χ1) is 18.0. The van der Waals surface area contributed by atoms with Gasteiger partial charge in [0.2, 0.25) is 5.91 Å². The molecule has 0 spiro atoms. The Bertz CT molecular complexity index is 1320. The number of piperazine rings is 1. The van der Waals surface area contributed by atoms with Crippen molar-refractivity contribution in [1.82, 2.24) is 9.80 Å². The zero-order valence-electron chi connectivity index (χ0n) is 20.5. The Morgan fingerprint density at radius 1 is 0.865 bits per heavy atom. The first-order valence-corrected chi connectivity index (χ1v) is 13.8. The van der Waals surface area contributed by atoms with Gasteiger partial charge in [-0.3, -0.25) is 19.3 Å². The molecule has 3 aromatic carbocycles. The summed E-state index contributed by atoms with van der Waals surface area (Å²) in [6.07, 6.45) is 1.72. The van der Waals surface area contributed by atoms with E-state index in [0.717, 1.165) is 50.8 Å². The van der Waals surface area contributed by atoms with Crippen molar-refractivity contribution in [2.45, 2.75) is 16.7 Å². The molecule has 8 heteroatoms. The molecular formula is C29H27N3O3S2. The second kappa shape index (κ2) is 11.3. The van der Waals surface area contributed by atoms with Gasteiger partial charge >= 0.3 is 0 Å². The molecule has 0 aromatic heterocycles. The number of thioether (sulfide) groups is 1. The van der Waals surface area contributed by atoms with Crippen molar-refractivity contribution in [2.75, 3.05) is 37.6 Å². The topological polar surface area (TPSA) is 60.9 Å². The third-order valence-corrected chi connectivity index (χ3v) is 8.28. The van der Waals surface area contributed by atoms with Crippen LogP contribution >= 0.6 is 23.5 Å². The third-order valence-electron chi connectivity index (χ3n) is 6.36. The van der Waals surface area contributed by atoms with Crippen molar-refractivity contribution in [1.29, 1.82) is 0 Å². The molecule has 2 fully saturated rings. The maximum Gasteiger partial charge on any atom is 0.294 e. The minimum atomic E-state index is -0.413. The van der Waals surface area contributed by atoms with Crippen LogP contribution in [0.1, 0.15) is 11.1 Å².